The Balaban J connectivity index is 1.98. The lowest BCUT2D eigenvalue weighted by Crippen LogP contribution is -2.28. The Kier molecular flexibility index (Phi) is 8.08. The zero-order chi connectivity index (χ0) is 22.2. The Hall–Kier alpha value is -2.84. The van der Waals surface area contributed by atoms with Crippen LogP contribution in [-0.4, -0.2) is 53.8 Å². The van der Waals surface area contributed by atoms with Crippen LogP contribution >= 0.6 is 11.8 Å². The molecule has 3 aromatic rings. The quantitative estimate of drug-likeness (QED) is 0.380. The number of ether oxygens (including phenoxy) is 2. The van der Waals surface area contributed by atoms with E-state index in [2.05, 4.69) is 41.5 Å². The Bertz CT molecular complexity index is 1000. The number of rotatable bonds is 10. The second kappa shape index (κ2) is 11.0. The van der Waals surface area contributed by atoms with E-state index in [4.69, 9.17) is 9.47 Å². The molecule has 0 atom stereocenters. The van der Waals surface area contributed by atoms with Gasteiger partial charge in [-0.2, -0.15) is 0 Å². The van der Waals surface area contributed by atoms with Crippen molar-refractivity contribution in [2.75, 3.05) is 33.1 Å². The number of carbonyl (C=O) groups is 1. The molecule has 0 unspecified atom stereocenters. The lowest BCUT2D eigenvalue weighted by molar-refractivity contribution is -0.118. The maximum absolute atomic E-state index is 12.2. The van der Waals surface area contributed by atoms with Gasteiger partial charge in [0, 0.05) is 19.2 Å². The standard InChI is InChI=1S/C23H28N4O3S/c1-16(2)19-7-5-6-8-20(19)27-22(17-9-11-18(30-4)12-10-17)25-26-23(27)31-15-21(28)24-13-14-29-3/h5-12,16H,13-15H2,1-4H3,(H,24,28). The third-order valence-electron chi connectivity index (χ3n) is 4.74. The van der Waals surface area contributed by atoms with Gasteiger partial charge >= 0.3 is 0 Å². The van der Waals surface area contributed by atoms with Crippen LogP contribution in [0, 0.1) is 0 Å². The predicted molar refractivity (Wildman–Crippen MR) is 123 cm³/mol. The van der Waals surface area contributed by atoms with Crippen molar-refractivity contribution < 1.29 is 14.3 Å². The van der Waals surface area contributed by atoms with Gasteiger partial charge in [-0.25, -0.2) is 0 Å². The second-order valence-corrected chi connectivity index (χ2v) is 8.16. The summed E-state index contributed by atoms with van der Waals surface area (Å²) in [6.07, 6.45) is 0. The normalized spacial score (nSPS) is 11.0. The van der Waals surface area contributed by atoms with Crippen LogP contribution in [0.2, 0.25) is 0 Å². The number of amides is 1. The van der Waals surface area contributed by atoms with Crippen molar-refractivity contribution in [3.63, 3.8) is 0 Å². The first-order valence-electron chi connectivity index (χ1n) is 10.1. The molecule has 31 heavy (non-hydrogen) atoms. The van der Waals surface area contributed by atoms with Crippen LogP contribution in [-0.2, 0) is 9.53 Å². The molecule has 1 amide bonds. The van der Waals surface area contributed by atoms with E-state index in [0.29, 0.717) is 24.2 Å². The summed E-state index contributed by atoms with van der Waals surface area (Å²) in [5, 5.41) is 12.4. The summed E-state index contributed by atoms with van der Waals surface area (Å²) in [6, 6.07) is 15.9. The van der Waals surface area contributed by atoms with E-state index in [-0.39, 0.29) is 11.7 Å². The highest BCUT2D eigenvalue weighted by atomic mass is 32.2. The second-order valence-electron chi connectivity index (χ2n) is 7.22. The van der Waals surface area contributed by atoms with E-state index in [1.165, 1.54) is 17.3 Å². The van der Waals surface area contributed by atoms with Crippen molar-refractivity contribution in [1.82, 2.24) is 20.1 Å². The molecule has 8 heteroatoms. The molecular formula is C23H28N4O3S. The van der Waals surface area contributed by atoms with E-state index >= 15 is 0 Å². The predicted octanol–water partition coefficient (Wildman–Crippen LogP) is 3.92. The molecule has 0 spiro atoms. The van der Waals surface area contributed by atoms with Gasteiger partial charge < -0.3 is 14.8 Å². The van der Waals surface area contributed by atoms with Gasteiger partial charge in [0.25, 0.3) is 0 Å². The molecule has 0 saturated carbocycles. The fourth-order valence-electron chi connectivity index (χ4n) is 3.16. The van der Waals surface area contributed by atoms with E-state index < -0.39 is 0 Å². The first-order chi connectivity index (χ1) is 15.0. The van der Waals surface area contributed by atoms with Crippen molar-refractivity contribution in [2.45, 2.75) is 24.9 Å². The lowest BCUT2D eigenvalue weighted by Gasteiger charge is -2.17. The van der Waals surface area contributed by atoms with Crippen molar-refractivity contribution in [3.05, 3.63) is 54.1 Å². The Morgan fingerprint density at radius 1 is 1.10 bits per heavy atom. The third-order valence-corrected chi connectivity index (χ3v) is 5.67. The summed E-state index contributed by atoms with van der Waals surface area (Å²) >= 11 is 1.36. The van der Waals surface area contributed by atoms with Crippen molar-refractivity contribution in [2.24, 2.45) is 0 Å². The van der Waals surface area contributed by atoms with Crippen LogP contribution in [0.1, 0.15) is 25.3 Å². The zero-order valence-corrected chi connectivity index (χ0v) is 19.1. The molecule has 1 aromatic heterocycles. The Labute approximate surface area is 187 Å². The SMILES string of the molecule is COCCNC(=O)CSc1nnc(-c2ccc(OC)cc2)n1-c1ccccc1C(C)C. The van der Waals surface area contributed by atoms with E-state index in [0.717, 1.165) is 22.8 Å². The molecule has 0 bridgehead atoms. The first kappa shape index (κ1) is 22.8. The Morgan fingerprint density at radius 2 is 1.84 bits per heavy atom. The molecule has 1 heterocycles. The monoisotopic (exact) mass is 440 g/mol. The number of nitrogens with one attached hydrogen (secondary N) is 1. The highest BCUT2D eigenvalue weighted by Gasteiger charge is 2.20. The molecule has 3 rings (SSSR count). The van der Waals surface area contributed by atoms with E-state index in [9.17, 15) is 4.79 Å². The number of aromatic nitrogens is 3. The summed E-state index contributed by atoms with van der Waals surface area (Å²) in [7, 11) is 3.25. The Morgan fingerprint density at radius 3 is 2.52 bits per heavy atom. The van der Waals surface area contributed by atoms with Crippen LogP contribution in [0.4, 0.5) is 0 Å². The van der Waals surface area contributed by atoms with Crippen molar-refractivity contribution >= 4 is 17.7 Å². The fourth-order valence-corrected chi connectivity index (χ4v) is 3.94. The maximum Gasteiger partial charge on any atom is 0.230 e. The van der Waals surface area contributed by atoms with Gasteiger partial charge in [-0.05, 0) is 41.8 Å². The molecule has 0 aliphatic carbocycles. The molecular weight excluding hydrogens is 412 g/mol. The minimum atomic E-state index is -0.0697. The zero-order valence-electron chi connectivity index (χ0n) is 18.3. The number of thioether (sulfide) groups is 1. The fraction of sp³-hybridized carbons (Fsp3) is 0.348. The molecule has 0 aliphatic heterocycles. The average molecular weight is 441 g/mol. The number of hydrogen-bond donors (Lipinski definition) is 1. The van der Waals surface area contributed by atoms with Gasteiger partial charge in [0.2, 0.25) is 5.91 Å². The number of benzene rings is 2. The van der Waals surface area contributed by atoms with E-state index in [1.807, 2.05) is 41.0 Å². The average Bonchev–Trinajstić information content (AvgIpc) is 3.21. The molecule has 1 N–H and O–H groups in total. The van der Waals surface area contributed by atoms with Crippen LogP contribution in [0.25, 0.3) is 17.1 Å². The summed E-state index contributed by atoms with van der Waals surface area (Å²) in [5.74, 6) is 1.99. The third kappa shape index (κ3) is 5.65. The van der Waals surface area contributed by atoms with Gasteiger partial charge in [0.05, 0.1) is 25.2 Å². The van der Waals surface area contributed by atoms with Crippen LogP contribution in [0.5, 0.6) is 5.75 Å². The molecule has 0 saturated heterocycles. The number of methoxy groups -OCH3 is 2. The molecule has 7 nitrogen and oxygen atoms in total. The summed E-state index contributed by atoms with van der Waals surface area (Å²) < 4.78 is 12.3. The number of para-hydroxylation sites is 1. The molecule has 0 fully saturated rings. The summed E-state index contributed by atoms with van der Waals surface area (Å²) in [4.78, 5) is 12.2. The minimum absolute atomic E-state index is 0.0697. The van der Waals surface area contributed by atoms with Crippen LogP contribution in [0.15, 0.2) is 53.7 Å². The smallest absolute Gasteiger partial charge is 0.230 e. The number of hydrogen-bond acceptors (Lipinski definition) is 6. The van der Waals surface area contributed by atoms with Crippen molar-refractivity contribution in [1.29, 1.82) is 0 Å². The molecule has 2 aromatic carbocycles. The minimum Gasteiger partial charge on any atom is -0.497 e. The topological polar surface area (TPSA) is 78.3 Å². The van der Waals surface area contributed by atoms with Gasteiger partial charge in [0.1, 0.15) is 5.75 Å². The summed E-state index contributed by atoms with van der Waals surface area (Å²) in [6.45, 7) is 5.28. The van der Waals surface area contributed by atoms with Crippen molar-refractivity contribution in [3.8, 4) is 22.8 Å². The first-order valence-corrected chi connectivity index (χ1v) is 11.1. The lowest BCUT2D eigenvalue weighted by atomic mass is 10.0. The maximum atomic E-state index is 12.2. The van der Waals surface area contributed by atoms with Gasteiger partial charge in [-0.1, -0.05) is 43.8 Å². The van der Waals surface area contributed by atoms with E-state index in [1.54, 1.807) is 14.2 Å². The van der Waals surface area contributed by atoms with Crippen LogP contribution < -0.4 is 10.1 Å². The van der Waals surface area contributed by atoms with Gasteiger partial charge in [0.15, 0.2) is 11.0 Å². The molecule has 164 valence electrons. The molecule has 0 aliphatic rings. The summed E-state index contributed by atoms with van der Waals surface area (Å²) in [5.41, 5.74) is 3.11. The highest BCUT2D eigenvalue weighted by Crippen LogP contribution is 2.32. The number of carbonyl (C=O) groups excluding carboxylic acids is 1. The van der Waals surface area contributed by atoms with Gasteiger partial charge in [-0.15, -0.1) is 10.2 Å². The largest absolute Gasteiger partial charge is 0.497 e. The number of nitrogens with zero attached hydrogens (tertiary/aromatic N) is 3. The highest BCUT2D eigenvalue weighted by molar-refractivity contribution is 7.99. The van der Waals surface area contributed by atoms with Crippen LogP contribution in [0.3, 0.4) is 0 Å². The van der Waals surface area contributed by atoms with Gasteiger partial charge in [-0.3, -0.25) is 9.36 Å². The molecule has 0 radical (unpaired) electrons.